The molecule has 0 aromatic carbocycles. The molecule has 1 atom stereocenters. The molecular weight excluding hydrogens is 128 g/mol. The van der Waals surface area contributed by atoms with E-state index in [0.29, 0.717) is 0 Å². The van der Waals surface area contributed by atoms with Crippen molar-refractivity contribution in [2.75, 3.05) is 13.6 Å². The first-order chi connectivity index (χ1) is 4.69. The minimum absolute atomic E-state index is 0.102. The Hall–Kier alpha value is -0.570. The molecule has 1 aliphatic rings. The van der Waals surface area contributed by atoms with Gasteiger partial charge in [0, 0.05) is 7.05 Å². The Morgan fingerprint density at radius 2 is 2.40 bits per heavy atom. The topological polar surface area (TPSA) is 41.1 Å². The first-order valence-electron chi connectivity index (χ1n) is 3.66. The highest BCUT2D eigenvalue weighted by Crippen LogP contribution is 2.17. The molecule has 3 nitrogen and oxygen atoms in total. The van der Waals surface area contributed by atoms with Crippen molar-refractivity contribution in [1.82, 2.24) is 10.6 Å². The molecule has 0 aliphatic carbocycles. The van der Waals surface area contributed by atoms with E-state index >= 15 is 0 Å². The van der Waals surface area contributed by atoms with E-state index in [9.17, 15) is 4.79 Å². The van der Waals surface area contributed by atoms with E-state index in [1.807, 2.05) is 6.92 Å². The van der Waals surface area contributed by atoms with Gasteiger partial charge in [-0.25, -0.2) is 0 Å². The fourth-order valence-electron chi connectivity index (χ4n) is 1.36. The summed E-state index contributed by atoms with van der Waals surface area (Å²) in [6.45, 7) is 2.91. The number of carbonyl (C=O) groups excluding carboxylic acids is 1. The van der Waals surface area contributed by atoms with Gasteiger partial charge < -0.3 is 10.6 Å². The Morgan fingerprint density at radius 3 is 2.80 bits per heavy atom. The SMILES string of the molecule is CNC(=O)[C@]1(C)CCCN1. The molecule has 1 amide bonds. The van der Waals surface area contributed by atoms with Gasteiger partial charge in [-0.05, 0) is 26.3 Å². The molecule has 1 saturated heterocycles. The van der Waals surface area contributed by atoms with Crippen LogP contribution in [0.4, 0.5) is 0 Å². The summed E-state index contributed by atoms with van der Waals surface area (Å²) in [7, 11) is 1.67. The van der Waals surface area contributed by atoms with Crippen LogP contribution in [0.2, 0.25) is 0 Å². The molecule has 0 radical (unpaired) electrons. The molecule has 2 N–H and O–H groups in total. The second-order valence-electron chi connectivity index (χ2n) is 2.94. The molecule has 0 aromatic heterocycles. The standard InChI is InChI=1S/C7H14N2O/c1-7(6(10)8-2)4-3-5-9-7/h9H,3-5H2,1-2H3,(H,8,10)/t7-/m0/s1. The average Bonchev–Trinajstić information content (AvgIpc) is 2.36. The van der Waals surface area contributed by atoms with Crippen LogP contribution in [-0.2, 0) is 4.79 Å². The number of hydrogen-bond acceptors (Lipinski definition) is 2. The van der Waals surface area contributed by atoms with Gasteiger partial charge in [0.05, 0.1) is 5.54 Å². The Kier molecular flexibility index (Phi) is 1.94. The maximum atomic E-state index is 11.2. The van der Waals surface area contributed by atoms with E-state index in [-0.39, 0.29) is 11.4 Å². The van der Waals surface area contributed by atoms with Gasteiger partial charge >= 0.3 is 0 Å². The molecule has 0 aromatic rings. The molecule has 1 heterocycles. The highest BCUT2D eigenvalue weighted by molar-refractivity contribution is 5.85. The Bertz CT molecular complexity index is 139. The number of likely N-dealkylation sites (N-methyl/N-ethyl adjacent to an activating group) is 1. The van der Waals surface area contributed by atoms with Crippen LogP contribution in [0, 0.1) is 0 Å². The van der Waals surface area contributed by atoms with Crippen LogP contribution in [-0.4, -0.2) is 25.0 Å². The zero-order valence-electron chi connectivity index (χ0n) is 6.53. The van der Waals surface area contributed by atoms with Gasteiger partial charge in [-0.3, -0.25) is 4.79 Å². The lowest BCUT2D eigenvalue weighted by molar-refractivity contribution is -0.125. The molecule has 0 spiro atoms. The Morgan fingerprint density at radius 1 is 1.70 bits per heavy atom. The van der Waals surface area contributed by atoms with E-state index in [0.717, 1.165) is 19.4 Å². The summed E-state index contributed by atoms with van der Waals surface area (Å²) in [5, 5.41) is 5.82. The first kappa shape index (κ1) is 7.54. The summed E-state index contributed by atoms with van der Waals surface area (Å²) >= 11 is 0. The summed E-state index contributed by atoms with van der Waals surface area (Å²) in [5.74, 6) is 0.102. The van der Waals surface area contributed by atoms with Gasteiger partial charge in [0.15, 0.2) is 0 Å². The van der Waals surface area contributed by atoms with Crippen molar-refractivity contribution in [3.8, 4) is 0 Å². The first-order valence-corrected chi connectivity index (χ1v) is 3.66. The summed E-state index contributed by atoms with van der Waals surface area (Å²) in [6.07, 6.45) is 2.05. The molecule has 1 fully saturated rings. The smallest absolute Gasteiger partial charge is 0.239 e. The minimum atomic E-state index is -0.297. The second kappa shape index (κ2) is 2.58. The van der Waals surface area contributed by atoms with Crippen molar-refractivity contribution in [2.24, 2.45) is 0 Å². The predicted octanol–water partition coefficient (Wildman–Crippen LogP) is -0.126. The summed E-state index contributed by atoms with van der Waals surface area (Å²) in [4.78, 5) is 11.2. The molecular formula is C7H14N2O. The van der Waals surface area contributed by atoms with Gasteiger partial charge in [0.25, 0.3) is 0 Å². The molecule has 1 rings (SSSR count). The average molecular weight is 142 g/mol. The zero-order chi connectivity index (χ0) is 7.61. The third-order valence-corrected chi connectivity index (χ3v) is 2.10. The molecule has 58 valence electrons. The number of nitrogens with one attached hydrogen (secondary N) is 2. The van der Waals surface area contributed by atoms with E-state index in [2.05, 4.69) is 10.6 Å². The second-order valence-corrected chi connectivity index (χ2v) is 2.94. The van der Waals surface area contributed by atoms with Crippen molar-refractivity contribution >= 4 is 5.91 Å². The largest absolute Gasteiger partial charge is 0.358 e. The quantitative estimate of drug-likeness (QED) is 0.535. The highest BCUT2D eigenvalue weighted by atomic mass is 16.2. The van der Waals surface area contributed by atoms with Gasteiger partial charge in [0.2, 0.25) is 5.91 Å². The van der Waals surface area contributed by atoms with Gasteiger partial charge in [0.1, 0.15) is 0 Å². The molecule has 10 heavy (non-hydrogen) atoms. The van der Waals surface area contributed by atoms with Gasteiger partial charge in [-0.15, -0.1) is 0 Å². The number of amides is 1. The molecule has 1 aliphatic heterocycles. The van der Waals surface area contributed by atoms with E-state index in [1.54, 1.807) is 7.05 Å². The fraction of sp³-hybridized carbons (Fsp3) is 0.857. The van der Waals surface area contributed by atoms with Crippen molar-refractivity contribution in [2.45, 2.75) is 25.3 Å². The minimum Gasteiger partial charge on any atom is -0.358 e. The van der Waals surface area contributed by atoms with Crippen LogP contribution < -0.4 is 10.6 Å². The van der Waals surface area contributed by atoms with Crippen molar-refractivity contribution < 1.29 is 4.79 Å². The molecule has 0 saturated carbocycles. The molecule has 3 heteroatoms. The van der Waals surface area contributed by atoms with Crippen LogP contribution in [0.5, 0.6) is 0 Å². The lowest BCUT2D eigenvalue weighted by atomic mass is 10.00. The predicted molar refractivity (Wildman–Crippen MR) is 39.7 cm³/mol. The van der Waals surface area contributed by atoms with E-state index in [4.69, 9.17) is 0 Å². The van der Waals surface area contributed by atoms with Gasteiger partial charge in [-0.2, -0.15) is 0 Å². The zero-order valence-corrected chi connectivity index (χ0v) is 6.53. The van der Waals surface area contributed by atoms with Crippen LogP contribution in [0.1, 0.15) is 19.8 Å². The van der Waals surface area contributed by atoms with Gasteiger partial charge in [-0.1, -0.05) is 0 Å². The summed E-state index contributed by atoms with van der Waals surface area (Å²) in [5.41, 5.74) is -0.297. The van der Waals surface area contributed by atoms with Crippen LogP contribution in [0.3, 0.4) is 0 Å². The Balaban J connectivity index is 2.58. The lowest BCUT2D eigenvalue weighted by Crippen LogP contribution is -2.49. The monoisotopic (exact) mass is 142 g/mol. The third kappa shape index (κ3) is 1.14. The van der Waals surface area contributed by atoms with Crippen LogP contribution in [0.25, 0.3) is 0 Å². The maximum absolute atomic E-state index is 11.2. The molecule has 0 bridgehead atoms. The fourth-order valence-corrected chi connectivity index (χ4v) is 1.36. The molecule has 0 unspecified atom stereocenters. The van der Waals surface area contributed by atoms with Crippen LogP contribution in [0.15, 0.2) is 0 Å². The number of carbonyl (C=O) groups is 1. The third-order valence-electron chi connectivity index (χ3n) is 2.10. The summed E-state index contributed by atoms with van der Waals surface area (Å²) in [6, 6.07) is 0. The van der Waals surface area contributed by atoms with E-state index in [1.165, 1.54) is 0 Å². The van der Waals surface area contributed by atoms with E-state index < -0.39 is 0 Å². The normalized spacial score (nSPS) is 32.2. The number of rotatable bonds is 1. The Labute approximate surface area is 61.2 Å². The van der Waals surface area contributed by atoms with Crippen molar-refractivity contribution in [3.63, 3.8) is 0 Å². The van der Waals surface area contributed by atoms with Crippen molar-refractivity contribution in [1.29, 1.82) is 0 Å². The highest BCUT2D eigenvalue weighted by Gasteiger charge is 2.34. The summed E-state index contributed by atoms with van der Waals surface area (Å²) < 4.78 is 0. The number of hydrogen-bond donors (Lipinski definition) is 2. The lowest BCUT2D eigenvalue weighted by Gasteiger charge is -2.21. The van der Waals surface area contributed by atoms with Crippen molar-refractivity contribution in [3.05, 3.63) is 0 Å². The maximum Gasteiger partial charge on any atom is 0.239 e. The van der Waals surface area contributed by atoms with Crippen LogP contribution >= 0.6 is 0 Å².